The van der Waals surface area contributed by atoms with Crippen molar-refractivity contribution in [3.8, 4) is 0 Å². The highest BCUT2D eigenvalue weighted by atomic mass is 16.4. The van der Waals surface area contributed by atoms with E-state index in [-0.39, 0.29) is 96.8 Å². The normalized spacial score (nSPS) is 14.7. The number of aliphatic hydroxyl groups excluding tert-OH is 4. The Hall–Kier alpha value is -8.99. The molecular formula is C61H90N16O16. The number of aromatic amines is 1. The number of nitrogens with one attached hydrogen (secondary N) is 11. The molecule has 0 spiro atoms. The summed E-state index contributed by atoms with van der Waals surface area (Å²) < 4.78 is 0. The van der Waals surface area contributed by atoms with Crippen LogP contribution in [0.1, 0.15) is 68.1 Å². The Balaban J connectivity index is 1.68. The van der Waals surface area contributed by atoms with Crippen molar-refractivity contribution in [2.45, 2.75) is 137 Å². The highest BCUT2D eigenvalue weighted by Crippen LogP contribution is 2.20. The van der Waals surface area contributed by atoms with Crippen molar-refractivity contribution < 1.29 is 78.3 Å². The Labute approximate surface area is 536 Å². The Morgan fingerprint density at radius 3 is 0.989 bits per heavy atom. The van der Waals surface area contributed by atoms with Crippen LogP contribution < -0.4 is 81.8 Å². The van der Waals surface area contributed by atoms with E-state index in [0.717, 1.165) is 0 Å². The molecule has 11 atom stereocenters. The highest BCUT2D eigenvalue weighted by Gasteiger charge is 2.37. The zero-order valence-corrected chi connectivity index (χ0v) is 51.6. The number of aliphatic carboxylic acids is 1. The number of carbonyl (C=O) groups excluding carboxylic acids is 10. The summed E-state index contributed by atoms with van der Waals surface area (Å²) in [5.74, 6) is -11.1. The molecule has 1 aromatic heterocycles. The van der Waals surface area contributed by atoms with Gasteiger partial charge in [-0.2, -0.15) is 0 Å². The first kappa shape index (κ1) is 76.5. The number of carboxylic acids is 1. The standard InChI is InChI=1S/C61H90N16O16/c62-23-9-19-41(52(83)72-46(28-36-15-5-2-6-16-36)57(88)69-44(22-12-26-65)55(86)76-49(33-80)60(91)77-50(34-81)61(92)93)70-58(89)47(29-37-30-67-40-18-8-7-17-38(37)40)74-54(85)42(20-10-24-63)68-56(87)45(27-35-13-3-1-4-14-35)73-53(84)43(21-11-25-64)71-59(90)48(32-79)75-51(82)39(66)31-78/h1-8,13-18,30,39,41-50,67,78-81H,9-12,19-29,31-34,62-66H2,(H,68,87)(H,69,88)(H,70,89)(H,71,90)(H,72,83)(H,73,84)(H,74,85)(H,75,82)(H,76,86)(H,77,91)(H,92,93)/t39-,41-,42-,43-,44-,45-,46-,47-,48-,49-,50-/m0/s1. The lowest BCUT2D eigenvalue weighted by molar-refractivity contribution is -0.143. The highest BCUT2D eigenvalue weighted by molar-refractivity contribution is 5.99. The van der Waals surface area contributed by atoms with Gasteiger partial charge in [0.15, 0.2) is 0 Å². The van der Waals surface area contributed by atoms with Gasteiger partial charge in [-0.25, -0.2) is 4.79 Å². The van der Waals surface area contributed by atoms with Crippen molar-refractivity contribution in [2.24, 2.45) is 28.7 Å². The van der Waals surface area contributed by atoms with Gasteiger partial charge < -0.3 is 112 Å². The fourth-order valence-electron chi connectivity index (χ4n) is 9.60. The molecule has 3 aromatic carbocycles. The molecule has 0 saturated heterocycles. The number of nitrogens with two attached hydrogens (primary N) is 5. The van der Waals surface area contributed by atoms with Crippen molar-refractivity contribution in [3.63, 3.8) is 0 Å². The molecule has 0 aliphatic heterocycles. The van der Waals surface area contributed by atoms with Gasteiger partial charge in [-0.15, -0.1) is 0 Å². The van der Waals surface area contributed by atoms with E-state index in [1.54, 1.807) is 91.1 Å². The van der Waals surface area contributed by atoms with Crippen molar-refractivity contribution in [3.05, 3.63) is 108 Å². The second-order valence-electron chi connectivity index (χ2n) is 22.0. The summed E-state index contributed by atoms with van der Waals surface area (Å²) in [6, 6.07) is 7.32. The van der Waals surface area contributed by atoms with Gasteiger partial charge in [0.1, 0.15) is 66.5 Å². The maximum Gasteiger partial charge on any atom is 0.328 e. The lowest BCUT2D eigenvalue weighted by Crippen LogP contribution is -2.61. The first-order valence-electron chi connectivity index (χ1n) is 30.5. The number of hydrogen-bond acceptors (Lipinski definition) is 20. The Morgan fingerprint density at radius 2 is 0.645 bits per heavy atom. The first-order chi connectivity index (χ1) is 44.6. The van der Waals surface area contributed by atoms with Gasteiger partial charge in [-0.05, 0) is 100 Å². The average molecular weight is 1300 g/mol. The molecule has 4 rings (SSSR count). The van der Waals surface area contributed by atoms with Crippen molar-refractivity contribution in [1.82, 2.24) is 58.2 Å². The van der Waals surface area contributed by atoms with Crippen molar-refractivity contribution in [2.75, 3.05) is 52.6 Å². The molecule has 0 radical (unpaired) electrons. The predicted octanol–water partition coefficient (Wildman–Crippen LogP) is -6.62. The van der Waals surface area contributed by atoms with Crippen LogP contribution in [0.5, 0.6) is 0 Å². The summed E-state index contributed by atoms with van der Waals surface area (Å²) in [7, 11) is 0. The summed E-state index contributed by atoms with van der Waals surface area (Å²) in [6.45, 7) is -3.52. The summed E-state index contributed by atoms with van der Waals surface area (Å²) >= 11 is 0. The molecule has 510 valence electrons. The van der Waals surface area contributed by atoms with Crippen LogP contribution in [0.25, 0.3) is 10.9 Å². The van der Waals surface area contributed by atoms with E-state index in [9.17, 15) is 78.3 Å². The lowest BCUT2D eigenvalue weighted by atomic mass is 10.0. The van der Waals surface area contributed by atoms with E-state index in [2.05, 4.69) is 52.8 Å². The molecule has 1 heterocycles. The maximum absolute atomic E-state index is 15.0. The fourth-order valence-corrected chi connectivity index (χ4v) is 9.60. The van der Waals surface area contributed by atoms with Gasteiger partial charge >= 0.3 is 5.97 Å². The van der Waals surface area contributed by atoms with Crippen LogP contribution >= 0.6 is 0 Å². The number of hydrogen-bond donors (Lipinski definition) is 21. The smallest absolute Gasteiger partial charge is 0.328 e. The molecule has 10 amide bonds. The van der Waals surface area contributed by atoms with Gasteiger partial charge in [0.25, 0.3) is 0 Å². The number of fused-ring (bicyclic) bond motifs is 1. The third-order valence-electron chi connectivity index (χ3n) is 14.8. The van der Waals surface area contributed by atoms with E-state index in [4.69, 9.17) is 28.7 Å². The molecule has 0 aliphatic rings. The molecule has 26 N–H and O–H groups in total. The van der Waals surface area contributed by atoms with Gasteiger partial charge in [0.2, 0.25) is 59.1 Å². The van der Waals surface area contributed by atoms with Crippen molar-refractivity contribution >= 4 is 75.9 Å². The summed E-state index contributed by atoms with van der Waals surface area (Å²) in [4.78, 5) is 155. The Bertz CT molecular complexity index is 3070. The van der Waals surface area contributed by atoms with E-state index < -0.39 is 158 Å². The van der Waals surface area contributed by atoms with Crippen LogP contribution in [0.4, 0.5) is 0 Å². The van der Waals surface area contributed by atoms with Crippen LogP contribution in [0.15, 0.2) is 91.1 Å². The van der Waals surface area contributed by atoms with E-state index in [1.807, 2.05) is 5.32 Å². The molecular weight excluding hydrogens is 1210 g/mol. The minimum Gasteiger partial charge on any atom is -0.480 e. The van der Waals surface area contributed by atoms with Crippen LogP contribution in [-0.4, -0.2) is 215 Å². The number of aromatic nitrogens is 1. The predicted molar refractivity (Wildman–Crippen MR) is 339 cm³/mol. The number of para-hydroxylation sites is 1. The summed E-state index contributed by atoms with van der Waals surface area (Å²) in [6.07, 6.45) is 1.35. The number of carbonyl (C=O) groups is 11. The van der Waals surface area contributed by atoms with Gasteiger partial charge in [-0.3, -0.25) is 47.9 Å². The van der Waals surface area contributed by atoms with Gasteiger partial charge in [0.05, 0.1) is 26.4 Å². The minimum atomic E-state index is -1.77. The maximum atomic E-state index is 15.0. The Morgan fingerprint density at radius 1 is 0.355 bits per heavy atom. The van der Waals surface area contributed by atoms with Crippen LogP contribution in [-0.2, 0) is 72.0 Å². The third-order valence-corrected chi connectivity index (χ3v) is 14.8. The number of carboxylic acid groups (broad SMARTS) is 1. The number of amides is 10. The first-order valence-corrected chi connectivity index (χ1v) is 30.5. The van der Waals surface area contributed by atoms with E-state index >= 15 is 0 Å². The summed E-state index contributed by atoms with van der Waals surface area (Å²) in [5, 5.41) is 73.9. The summed E-state index contributed by atoms with van der Waals surface area (Å²) in [5.41, 5.74) is 31.4. The average Bonchev–Trinajstić information content (AvgIpc) is 1.79. The molecule has 0 fully saturated rings. The number of H-pyrrole nitrogens is 1. The number of aliphatic hydroxyl groups is 4. The zero-order chi connectivity index (χ0) is 68.4. The topological polar surface area (TPSA) is 555 Å². The fraction of sp³-hybridized carbons (Fsp3) is 0.492. The van der Waals surface area contributed by atoms with E-state index in [1.165, 1.54) is 0 Å². The van der Waals surface area contributed by atoms with Crippen LogP contribution in [0.2, 0.25) is 0 Å². The SMILES string of the molecule is NCCC[C@H](NC(=O)[C@H](Cc1ccccc1)NC(=O)[C@H](CCCN)NC(=O)[C@H](Cc1c[nH]c2ccccc12)NC(=O)[C@H](CCCN)NC(=O)[C@H](Cc1ccccc1)NC(=O)[C@H](CCCN)NC(=O)[C@H](CO)NC(=O)[C@@H](N)CO)C(=O)N[C@@H](CO)C(=O)N[C@@H](CO)C(=O)O. The molecule has 0 bridgehead atoms. The second kappa shape index (κ2) is 40.8. The lowest BCUT2D eigenvalue weighted by Gasteiger charge is -2.28. The minimum absolute atomic E-state index is 0.0353. The molecule has 4 aromatic rings. The quantitative estimate of drug-likeness (QED) is 0.0196. The molecule has 32 heteroatoms. The molecule has 0 aliphatic carbocycles. The monoisotopic (exact) mass is 1300 g/mol. The van der Waals surface area contributed by atoms with Gasteiger partial charge in [-0.1, -0.05) is 78.9 Å². The molecule has 0 saturated carbocycles. The Kier molecular flexibility index (Phi) is 33.5. The number of benzene rings is 3. The van der Waals surface area contributed by atoms with Gasteiger partial charge in [0, 0.05) is 36.4 Å². The third kappa shape index (κ3) is 25.2. The zero-order valence-electron chi connectivity index (χ0n) is 51.6. The van der Waals surface area contributed by atoms with Crippen LogP contribution in [0, 0.1) is 0 Å². The second-order valence-corrected chi connectivity index (χ2v) is 22.0. The van der Waals surface area contributed by atoms with Crippen molar-refractivity contribution in [1.29, 1.82) is 0 Å². The van der Waals surface area contributed by atoms with Crippen LogP contribution in [0.3, 0.4) is 0 Å². The largest absolute Gasteiger partial charge is 0.480 e. The molecule has 32 nitrogen and oxygen atoms in total. The van der Waals surface area contributed by atoms with E-state index in [0.29, 0.717) is 27.6 Å². The number of rotatable bonds is 43. The molecule has 0 unspecified atom stereocenters. The molecule has 93 heavy (non-hydrogen) atoms.